The molecule has 0 spiro atoms. The van der Waals surface area contributed by atoms with Crippen molar-refractivity contribution in [1.82, 2.24) is 14.8 Å². The molecule has 1 amide bonds. The van der Waals surface area contributed by atoms with Gasteiger partial charge in [0, 0.05) is 50.5 Å². The van der Waals surface area contributed by atoms with Crippen molar-refractivity contribution in [3.63, 3.8) is 0 Å². The third-order valence-corrected chi connectivity index (χ3v) is 6.10. The fraction of sp³-hybridized carbons (Fsp3) is 0.360. The molecular weight excluding hydrogens is 390 g/mol. The van der Waals surface area contributed by atoms with Crippen LogP contribution >= 0.6 is 0 Å². The first-order valence-corrected chi connectivity index (χ1v) is 11.0. The Hall–Kier alpha value is -2.96. The van der Waals surface area contributed by atoms with E-state index in [1.165, 1.54) is 0 Å². The molecule has 0 saturated carbocycles. The normalized spacial score (nSPS) is 19.6. The van der Waals surface area contributed by atoms with Gasteiger partial charge in [0.1, 0.15) is 0 Å². The summed E-state index contributed by atoms with van der Waals surface area (Å²) in [5.74, 6) is 1.20. The fourth-order valence-corrected chi connectivity index (χ4v) is 4.37. The average molecular weight is 418 g/mol. The number of piperazine rings is 1. The number of hydrogen-bond donors (Lipinski definition) is 0. The first-order valence-electron chi connectivity index (χ1n) is 11.0. The Morgan fingerprint density at radius 1 is 1.00 bits per heavy atom. The molecule has 31 heavy (non-hydrogen) atoms. The second kappa shape index (κ2) is 9.04. The SMILES string of the molecule is O=C(c1ccccc1-c1ncc(-c2ccccc2)o1)N1CCN(CC2CCCO2)CC1. The third kappa shape index (κ3) is 4.40. The molecule has 1 aromatic heterocycles. The van der Waals surface area contributed by atoms with Gasteiger partial charge in [-0.15, -0.1) is 0 Å². The number of ether oxygens (including phenoxy) is 1. The molecule has 3 aromatic rings. The third-order valence-electron chi connectivity index (χ3n) is 6.10. The zero-order chi connectivity index (χ0) is 21.0. The number of carbonyl (C=O) groups is 1. The molecule has 0 radical (unpaired) electrons. The Labute approximate surface area is 182 Å². The van der Waals surface area contributed by atoms with Crippen LogP contribution in [0.4, 0.5) is 0 Å². The Morgan fingerprint density at radius 3 is 2.55 bits per heavy atom. The van der Waals surface area contributed by atoms with Crippen LogP contribution in [0.3, 0.4) is 0 Å². The summed E-state index contributed by atoms with van der Waals surface area (Å²) >= 11 is 0. The molecular formula is C25H27N3O3. The van der Waals surface area contributed by atoms with Crippen LogP contribution in [0.15, 0.2) is 65.2 Å². The van der Waals surface area contributed by atoms with E-state index in [1.807, 2.05) is 59.5 Å². The average Bonchev–Trinajstić information content (AvgIpc) is 3.52. The van der Waals surface area contributed by atoms with Gasteiger partial charge in [-0.1, -0.05) is 42.5 Å². The van der Waals surface area contributed by atoms with Crippen LogP contribution in [0.2, 0.25) is 0 Å². The van der Waals surface area contributed by atoms with Gasteiger partial charge in [0.15, 0.2) is 5.76 Å². The van der Waals surface area contributed by atoms with Crippen molar-refractivity contribution in [2.24, 2.45) is 0 Å². The molecule has 0 bridgehead atoms. The lowest BCUT2D eigenvalue weighted by molar-refractivity contribution is 0.0433. The minimum Gasteiger partial charge on any atom is -0.436 e. The monoisotopic (exact) mass is 417 g/mol. The lowest BCUT2D eigenvalue weighted by atomic mass is 10.1. The maximum atomic E-state index is 13.3. The summed E-state index contributed by atoms with van der Waals surface area (Å²) in [6, 6.07) is 17.4. The topological polar surface area (TPSA) is 58.8 Å². The van der Waals surface area contributed by atoms with E-state index in [0.717, 1.165) is 63.3 Å². The van der Waals surface area contributed by atoms with Gasteiger partial charge in [-0.05, 0) is 25.0 Å². The quantitative estimate of drug-likeness (QED) is 0.629. The van der Waals surface area contributed by atoms with Gasteiger partial charge in [0.05, 0.1) is 17.9 Å². The first kappa shape index (κ1) is 20.0. The molecule has 160 valence electrons. The Morgan fingerprint density at radius 2 is 1.77 bits per heavy atom. The largest absolute Gasteiger partial charge is 0.436 e. The van der Waals surface area contributed by atoms with Crippen molar-refractivity contribution in [2.45, 2.75) is 18.9 Å². The van der Waals surface area contributed by atoms with Crippen molar-refractivity contribution in [1.29, 1.82) is 0 Å². The summed E-state index contributed by atoms with van der Waals surface area (Å²) in [5, 5.41) is 0. The van der Waals surface area contributed by atoms with Crippen LogP contribution in [-0.4, -0.2) is 66.1 Å². The number of amides is 1. The molecule has 2 aromatic carbocycles. The molecule has 1 unspecified atom stereocenters. The molecule has 2 aliphatic rings. The minimum atomic E-state index is 0.0341. The molecule has 0 N–H and O–H groups in total. The predicted molar refractivity (Wildman–Crippen MR) is 119 cm³/mol. The highest BCUT2D eigenvalue weighted by Crippen LogP contribution is 2.29. The van der Waals surface area contributed by atoms with Crippen LogP contribution in [0.1, 0.15) is 23.2 Å². The van der Waals surface area contributed by atoms with Gasteiger partial charge in [-0.2, -0.15) is 0 Å². The zero-order valence-corrected chi connectivity index (χ0v) is 17.6. The van der Waals surface area contributed by atoms with Crippen molar-refractivity contribution in [3.8, 4) is 22.8 Å². The molecule has 2 saturated heterocycles. The van der Waals surface area contributed by atoms with E-state index in [2.05, 4.69) is 9.88 Å². The number of nitrogens with zero attached hydrogens (tertiary/aromatic N) is 3. The summed E-state index contributed by atoms with van der Waals surface area (Å²) in [7, 11) is 0. The second-order valence-corrected chi connectivity index (χ2v) is 8.17. The van der Waals surface area contributed by atoms with Crippen LogP contribution in [0, 0.1) is 0 Å². The van der Waals surface area contributed by atoms with E-state index in [-0.39, 0.29) is 5.91 Å². The number of hydrogen-bond acceptors (Lipinski definition) is 5. The van der Waals surface area contributed by atoms with E-state index in [9.17, 15) is 4.79 Å². The summed E-state index contributed by atoms with van der Waals surface area (Å²) in [5.41, 5.74) is 2.33. The summed E-state index contributed by atoms with van der Waals surface area (Å²) in [4.78, 5) is 22.1. The number of benzene rings is 2. The Kier molecular flexibility index (Phi) is 5.82. The predicted octanol–water partition coefficient (Wildman–Crippen LogP) is 3.95. The lowest BCUT2D eigenvalue weighted by Gasteiger charge is -2.36. The van der Waals surface area contributed by atoms with Crippen molar-refractivity contribution in [2.75, 3.05) is 39.3 Å². The van der Waals surface area contributed by atoms with Crippen LogP contribution in [0.5, 0.6) is 0 Å². The van der Waals surface area contributed by atoms with E-state index < -0.39 is 0 Å². The summed E-state index contributed by atoms with van der Waals surface area (Å²) in [6.07, 6.45) is 4.38. The number of aromatic nitrogens is 1. The van der Waals surface area contributed by atoms with E-state index >= 15 is 0 Å². The molecule has 6 nitrogen and oxygen atoms in total. The van der Waals surface area contributed by atoms with Crippen LogP contribution < -0.4 is 0 Å². The van der Waals surface area contributed by atoms with Gasteiger partial charge in [-0.3, -0.25) is 9.69 Å². The summed E-state index contributed by atoms with van der Waals surface area (Å²) < 4.78 is 11.8. The highest BCUT2D eigenvalue weighted by Gasteiger charge is 2.27. The maximum absolute atomic E-state index is 13.3. The Balaban J connectivity index is 1.29. The maximum Gasteiger partial charge on any atom is 0.254 e. The minimum absolute atomic E-state index is 0.0341. The molecule has 2 fully saturated rings. The zero-order valence-electron chi connectivity index (χ0n) is 17.6. The highest BCUT2D eigenvalue weighted by atomic mass is 16.5. The second-order valence-electron chi connectivity index (χ2n) is 8.17. The van der Waals surface area contributed by atoms with Gasteiger partial charge in [0.25, 0.3) is 5.91 Å². The van der Waals surface area contributed by atoms with E-state index in [1.54, 1.807) is 6.20 Å². The Bertz CT molecular complexity index is 1020. The molecule has 3 heterocycles. The van der Waals surface area contributed by atoms with E-state index in [4.69, 9.17) is 9.15 Å². The van der Waals surface area contributed by atoms with Crippen molar-refractivity contribution in [3.05, 3.63) is 66.4 Å². The van der Waals surface area contributed by atoms with Gasteiger partial charge >= 0.3 is 0 Å². The number of rotatable bonds is 5. The summed E-state index contributed by atoms with van der Waals surface area (Å²) in [6.45, 7) is 5.06. The van der Waals surface area contributed by atoms with Gasteiger partial charge < -0.3 is 14.1 Å². The molecule has 2 aliphatic heterocycles. The number of carbonyl (C=O) groups excluding carboxylic acids is 1. The fourth-order valence-electron chi connectivity index (χ4n) is 4.37. The van der Waals surface area contributed by atoms with E-state index in [0.29, 0.717) is 23.3 Å². The molecule has 5 rings (SSSR count). The first-order chi connectivity index (χ1) is 15.3. The highest BCUT2D eigenvalue weighted by molar-refractivity contribution is 6.00. The number of oxazole rings is 1. The molecule has 6 heteroatoms. The smallest absolute Gasteiger partial charge is 0.254 e. The lowest BCUT2D eigenvalue weighted by Crippen LogP contribution is -2.50. The van der Waals surface area contributed by atoms with Crippen molar-refractivity contribution >= 4 is 5.91 Å². The standard InChI is InChI=1S/C25H27N3O3/c29-25(28-14-12-27(13-15-28)18-20-9-6-16-30-20)22-11-5-4-10-21(22)24-26-17-23(31-24)19-7-2-1-3-8-19/h1-5,7-8,10-11,17,20H,6,9,12-16,18H2. The molecule has 0 aliphatic carbocycles. The van der Waals surface area contributed by atoms with Crippen LogP contribution in [-0.2, 0) is 4.74 Å². The molecule has 1 atom stereocenters. The van der Waals surface area contributed by atoms with Gasteiger partial charge in [-0.25, -0.2) is 4.98 Å². The van der Waals surface area contributed by atoms with Crippen LogP contribution in [0.25, 0.3) is 22.8 Å². The van der Waals surface area contributed by atoms with Crippen molar-refractivity contribution < 1.29 is 13.9 Å². The van der Waals surface area contributed by atoms with Gasteiger partial charge in [0.2, 0.25) is 5.89 Å².